The number of nitrogens with zero attached hydrogens (tertiary/aromatic N) is 2. The molecule has 0 radical (unpaired) electrons. The zero-order valence-electron chi connectivity index (χ0n) is 22.8. The lowest BCUT2D eigenvalue weighted by molar-refractivity contribution is -0.145. The molecule has 8 heteroatoms. The standard InChI is InChI=1S/C31H35FN2O5/c1-18(30(36)37)29(35)21-6-5-19-8-10-26(39-27(19)14-21)20-7-9-23(24-15-28(38-4)33-16-25(24)32)22(13-20)17-34-12-11-31(34,2)3/h5-7,9,13-16,18,26,29,35H,8,10-12,17H2,1-4H3,(H,36,37)/t18-,26+,29+/m0/s1. The van der Waals surface area contributed by atoms with Gasteiger partial charge in [0.05, 0.1) is 25.3 Å². The Morgan fingerprint density at radius 1 is 1.23 bits per heavy atom. The fourth-order valence-electron chi connectivity index (χ4n) is 5.39. The van der Waals surface area contributed by atoms with E-state index >= 15 is 0 Å². The monoisotopic (exact) mass is 534 g/mol. The molecule has 39 heavy (non-hydrogen) atoms. The van der Waals surface area contributed by atoms with E-state index in [4.69, 9.17) is 9.47 Å². The molecule has 0 unspecified atom stereocenters. The molecule has 0 spiro atoms. The molecule has 5 rings (SSSR count). The van der Waals surface area contributed by atoms with E-state index in [0.717, 1.165) is 48.1 Å². The van der Waals surface area contributed by atoms with Gasteiger partial charge in [-0.25, -0.2) is 9.37 Å². The van der Waals surface area contributed by atoms with Crippen LogP contribution in [0, 0.1) is 11.7 Å². The average molecular weight is 535 g/mol. The maximum absolute atomic E-state index is 15.0. The van der Waals surface area contributed by atoms with Gasteiger partial charge < -0.3 is 19.7 Å². The highest BCUT2D eigenvalue weighted by molar-refractivity contribution is 5.71. The summed E-state index contributed by atoms with van der Waals surface area (Å²) in [6, 6.07) is 13.1. The van der Waals surface area contributed by atoms with Gasteiger partial charge in [0, 0.05) is 30.3 Å². The predicted molar refractivity (Wildman–Crippen MR) is 145 cm³/mol. The number of likely N-dealkylation sites (tertiary alicyclic amines) is 1. The second-order valence-electron chi connectivity index (χ2n) is 11.2. The van der Waals surface area contributed by atoms with Crippen LogP contribution >= 0.6 is 0 Å². The number of aliphatic hydroxyl groups is 1. The van der Waals surface area contributed by atoms with Gasteiger partial charge in [-0.3, -0.25) is 9.69 Å². The molecule has 2 aromatic carbocycles. The summed E-state index contributed by atoms with van der Waals surface area (Å²) >= 11 is 0. The molecule has 0 saturated carbocycles. The van der Waals surface area contributed by atoms with Crippen LogP contribution in [-0.2, 0) is 17.8 Å². The van der Waals surface area contributed by atoms with E-state index in [-0.39, 0.29) is 11.6 Å². The second kappa shape index (κ2) is 10.6. The summed E-state index contributed by atoms with van der Waals surface area (Å²) in [6.07, 6.45) is 2.50. The molecule has 2 aliphatic heterocycles. The smallest absolute Gasteiger partial charge is 0.309 e. The summed E-state index contributed by atoms with van der Waals surface area (Å²) in [4.78, 5) is 17.8. The largest absolute Gasteiger partial charge is 0.485 e. The van der Waals surface area contributed by atoms with Crippen LogP contribution < -0.4 is 9.47 Å². The Labute approximate surface area is 228 Å². The zero-order chi connectivity index (χ0) is 27.9. The Morgan fingerprint density at radius 3 is 2.69 bits per heavy atom. The maximum atomic E-state index is 15.0. The number of ether oxygens (including phenoxy) is 2. The molecule has 0 amide bonds. The summed E-state index contributed by atoms with van der Waals surface area (Å²) in [7, 11) is 1.52. The number of fused-ring (bicyclic) bond motifs is 1. The van der Waals surface area contributed by atoms with Crippen molar-refractivity contribution in [3.8, 4) is 22.8 Å². The molecule has 2 aliphatic rings. The molecular formula is C31H35FN2O5. The Balaban J connectivity index is 1.48. The zero-order valence-corrected chi connectivity index (χ0v) is 22.8. The second-order valence-corrected chi connectivity index (χ2v) is 11.2. The fraction of sp³-hybridized carbons (Fsp3) is 0.419. The summed E-state index contributed by atoms with van der Waals surface area (Å²) in [5, 5.41) is 19.9. The van der Waals surface area contributed by atoms with Crippen molar-refractivity contribution in [2.24, 2.45) is 5.92 Å². The first-order valence-electron chi connectivity index (χ1n) is 13.4. The van der Waals surface area contributed by atoms with Crippen molar-refractivity contribution in [3.05, 3.63) is 76.7 Å². The number of methoxy groups -OCH3 is 1. The molecular weight excluding hydrogens is 499 g/mol. The topological polar surface area (TPSA) is 92.1 Å². The first-order chi connectivity index (χ1) is 18.6. The van der Waals surface area contributed by atoms with Gasteiger partial charge >= 0.3 is 5.97 Å². The predicted octanol–water partition coefficient (Wildman–Crippen LogP) is 5.70. The number of aryl methyl sites for hydroxylation is 1. The number of hydrogen-bond donors (Lipinski definition) is 2. The van der Waals surface area contributed by atoms with E-state index in [0.29, 0.717) is 29.3 Å². The molecule has 0 aliphatic carbocycles. The lowest BCUT2D eigenvalue weighted by Crippen LogP contribution is -2.54. The SMILES string of the molecule is COc1cc(-c2ccc([C@H]3CCc4ccc([C@H](O)[C@H](C)C(=O)O)cc4O3)cc2CN2CCC2(C)C)c(F)cn1. The molecule has 0 bridgehead atoms. The van der Waals surface area contributed by atoms with Crippen LogP contribution in [0.1, 0.15) is 68.1 Å². The summed E-state index contributed by atoms with van der Waals surface area (Å²) in [5.41, 5.74) is 4.85. The van der Waals surface area contributed by atoms with Gasteiger partial charge in [0.15, 0.2) is 0 Å². The highest BCUT2D eigenvalue weighted by atomic mass is 19.1. The lowest BCUT2D eigenvalue weighted by Gasteiger charge is -2.49. The van der Waals surface area contributed by atoms with Crippen LogP contribution in [0.5, 0.6) is 11.6 Å². The molecule has 3 heterocycles. The Hall–Kier alpha value is -3.49. The normalized spacial score (nSPS) is 19.8. The van der Waals surface area contributed by atoms with Gasteiger partial charge in [0.25, 0.3) is 0 Å². The number of halogens is 1. The van der Waals surface area contributed by atoms with Crippen molar-refractivity contribution in [1.82, 2.24) is 9.88 Å². The van der Waals surface area contributed by atoms with Crippen LogP contribution in [0.2, 0.25) is 0 Å². The Kier molecular flexibility index (Phi) is 7.35. The Morgan fingerprint density at radius 2 is 2.03 bits per heavy atom. The van der Waals surface area contributed by atoms with E-state index < -0.39 is 23.8 Å². The number of carboxylic acids is 1. The Bertz CT molecular complexity index is 1390. The first-order valence-corrected chi connectivity index (χ1v) is 13.4. The molecule has 206 valence electrons. The third-order valence-electron chi connectivity index (χ3n) is 8.28. The number of aliphatic carboxylic acids is 1. The van der Waals surface area contributed by atoms with Crippen LogP contribution in [-0.4, -0.2) is 45.3 Å². The number of carbonyl (C=O) groups is 1. The average Bonchev–Trinajstić information content (AvgIpc) is 2.94. The number of aliphatic hydroxyl groups excluding tert-OH is 1. The van der Waals surface area contributed by atoms with Crippen LogP contribution in [0.3, 0.4) is 0 Å². The number of aromatic nitrogens is 1. The van der Waals surface area contributed by atoms with Gasteiger partial charge in [-0.2, -0.15) is 0 Å². The molecule has 1 fully saturated rings. The van der Waals surface area contributed by atoms with Gasteiger partial charge in [0.1, 0.15) is 17.7 Å². The van der Waals surface area contributed by atoms with E-state index in [1.807, 2.05) is 18.2 Å². The summed E-state index contributed by atoms with van der Waals surface area (Å²) in [6.45, 7) is 7.57. The highest BCUT2D eigenvalue weighted by Crippen LogP contribution is 2.40. The van der Waals surface area contributed by atoms with Crippen LogP contribution in [0.25, 0.3) is 11.1 Å². The highest BCUT2D eigenvalue weighted by Gasteiger charge is 2.36. The summed E-state index contributed by atoms with van der Waals surface area (Å²) < 4.78 is 26.7. The minimum Gasteiger partial charge on any atom is -0.485 e. The van der Waals surface area contributed by atoms with Crippen molar-refractivity contribution < 1.29 is 28.9 Å². The lowest BCUT2D eigenvalue weighted by atomic mass is 9.86. The number of pyridine rings is 1. The van der Waals surface area contributed by atoms with Crippen molar-refractivity contribution >= 4 is 5.97 Å². The van der Waals surface area contributed by atoms with E-state index in [9.17, 15) is 19.4 Å². The minimum absolute atomic E-state index is 0.0758. The van der Waals surface area contributed by atoms with Crippen molar-refractivity contribution in [2.75, 3.05) is 13.7 Å². The minimum atomic E-state index is -1.13. The van der Waals surface area contributed by atoms with E-state index in [1.54, 1.807) is 18.2 Å². The van der Waals surface area contributed by atoms with Crippen molar-refractivity contribution in [1.29, 1.82) is 0 Å². The number of hydrogen-bond acceptors (Lipinski definition) is 6. The van der Waals surface area contributed by atoms with Gasteiger partial charge in [0.2, 0.25) is 5.88 Å². The third-order valence-corrected chi connectivity index (χ3v) is 8.28. The quantitative estimate of drug-likeness (QED) is 0.383. The van der Waals surface area contributed by atoms with E-state index in [2.05, 4.69) is 29.8 Å². The summed E-state index contributed by atoms with van der Waals surface area (Å²) in [5.74, 6) is -1.39. The molecule has 3 atom stereocenters. The van der Waals surface area contributed by atoms with Crippen LogP contribution in [0.4, 0.5) is 4.39 Å². The molecule has 7 nitrogen and oxygen atoms in total. The van der Waals surface area contributed by atoms with Crippen molar-refractivity contribution in [3.63, 3.8) is 0 Å². The molecule has 1 saturated heterocycles. The van der Waals surface area contributed by atoms with Crippen molar-refractivity contribution in [2.45, 2.75) is 64.3 Å². The molecule has 2 N–H and O–H groups in total. The van der Waals surface area contributed by atoms with E-state index in [1.165, 1.54) is 20.2 Å². The fourth-order valence-corrected chi connectivity index (χ4v) is 5.39. The number of benzene rings is 2. The van der Waals surface area contributed by atoms with Gasteiger partial charge in [-0.15, -0.1) is 0 Å². The maximum Gasteiger partial charge on any atom is 0.309 e. The molecule has 1 aromatic heterocycles. The number of rotatable bonds is 8. The third kappa shape index (κ3) is 5.36. The number of carboxylic acid groups (broad SMARTS) is 1. The van der Waals surface area contributed by atoms with Crippen LogP contribution in [0.15, 0.2) is 48.7 Å². The first kappa shape index (κ1) is 27.1. The van der Waals surface area contributed by atoms with Gasteiger partial charge in [-0.05, 0) is 73.9 Å². The van der Waals surface area contributed by atoms with Gasteiger partial charge in [-0.1, -0.05) is 30.3 Å². The molecule has 3 aromatic rings.